The molecule has 2 fully saturated rings. The lowest BCUT2D eigenvalue weighted by atomic mass is 10.0. The van der Waals surface area contributed by atoms with Gasteiger partial charge in [0.25, 0.3) is 0 Å². The fraction of sp³-hybridized carbons (Fsp3) is 0.632. The van der Waals surface area contributed by atoms with Crippen molar-refractivity contribution in [2.45, 2.75) is 18.9 Å². The maximum Gasteiger partial charge on any atom is 0.233 e. The van der Waals surface area contributed by atoms with Crippen LogP contribution in [0.2, 0.25) is 0 Å². The van der Waals surface area contributed by atoms with Crippen LogP contribution in [0.4, 0.5) is 5.69 Å². The number of benzene rings is 1. The quantitative estimate of drug-likeness (QED) is 0.863. The highest BCUT2D eigenvalue weighted by atomic mass is 16.5. The smallest absolute Gasteiger partial charge is 0.233 e. The summed E-state index contributed by atoms with van der Waals surface area (Å²) >= 11 is 0. The van der Waals surface area contributed by atoms with Crippen LogP contribution in [-0.2, 0) is 4.79 Å². The minimum atomic E-state index is 0.116. The Morgan fingerprint density at radius 2 is 1.88 bits per heavy atom. The highest BCUT2D eigenvalue weighted by Gasteiger charge is 2.28. The van der Waals surface area contributed by atoms with Gasteiger partial charge in [0.2, 0.25) is 5.91 Å². The number of piperazine rings is 1. The van der Waals surface area contributed by atoms with Crippen LogP contribution in [0.1, 0.15) is 12.8 Å². The Labute approximate surface area is 150 Å². The Morgan fingerprint density at radius 1 is 1.16 bits per heavy atom. The van der Waals surface area contributed by atoms with Crippen molar-refractivity contribution in [1.29, 1.82) is 0 Å². The molecule has 138 valence electrons. The maximum atomic E-state index is 11.6. The predicted octanol–water partition coefficient (Wildman–Crippen LogP) is 1.03. The third-order valence-electron chi connectivity index (χ3n) is 5.39. The molecule has 0 saturated carbocycles. The third-order valence-corrected chi connectivity index (χ3v) is 5.39. The molecule has 0 radical (unpaired) electrons. The lowest BCUT2D eigenvalue weighted by Gasteiger charge is -2.43. The first-order valence-corrected chi connectivity index (χ1v) is 9.25. The molecule has 1 aromatic rings. The zero-order valence-electron chi connectivity index (χ0n) is 15.4. The van der Waals surface area contributed by atoms with Crippen LogP contribution in [0.15, 0.2) is 24.3 Å². The highest BCUT2D eigenvalue weighted by molar-refractivity contribution is 5.77. The SMILES string of the molecule is CNC(=O)CN1CCC[C@H](N2CCN(c3ccc(OC)cc3)CC2)C1. The van der Waals surface area contributed by atoms with Crippen molar-refractivity contribution in [3.8, 4) is 5.75 Å². The summed E-state index contributed by atoms with van der Waals surface area (Å²) in [5.41, 5.74) is 1.27. The van der Waals surface area contributed by atoms with Crippen molar-refractivity contribution < 1.29 is 9.53 Å². The summed E-state index contributed by atoms with van der Waals surface area (Å²) in [6, 6.07) is 8.91. The number of anilines is 1. The van der Waals surface area contributed by atoms with Crippen molar-refractivity contribution in [2.24, 2.45) is 0 Å². The molecule has 2 aliphatic rings. The monoisotopic (exact) mass is 346 g/mol. The van der Waals surface area contributed by atoms with Gasteiger partial charge in [-0.25, -0.2) is 0 Å². The first-order chi connectivity index (χ1) is 12.2. The van der Waals surface area contributed by atoms with E-state index in [9.17, 15) is 4.79 Å². The molecule has 0 unspecified atom stereocenters. The van der Waals surface area contributed by atoms with E-state index in [0.29, 0.717) is 12.6 Å². The minimum absolute atomic E-state index is 0.116. The molecule has 0 aliphatic carbocycles. The maximum absolute atomic E-state index is 11.6. The molecule has 0 spiro atoms. The van der Waals surface area contributed by atoms with E-state index in [0.717, 1.165) is 45.0 Å². The molecule has 1 aromatic carbocycles. The van der Waals surface area contributed by atoms with Gasteiger partial charge in [0.15, 0.2) is 0 Å². The molecule has 2 aliphatic heterocycles. The fourth-order valence-corrected chi connectivity index (χ4v) is 3.89. The second kappa shape index (κ2) is 8.54. The van der Waals surface area contributed by atoms with Crippen LogP contribution < -0.4 is 15.0 Å². The van der Waals surface area contributed by atoms with E-state index in [1.54, 1.807) is 14.2 Å². The molecule has 2 saturated heterocycles. The van der Waals surface area contributed by atoms with Crippen molar-refractivity contribution >= 4 is 11.6 Å². The number of nitrogens with one attached hydrogen (secondary N) is 1. The van der Waals surface area contributed by atoms with Gasteiger partial charge in [-0.15, -0.1) is 0 Å². The van der Waals surface area contributed by atoms with Crippen LogP contribution in [0.3, 0.4) is 0 Å². The molecular formula is C19H30N4O2. The number of amides is 1. The van der Waals surface area contributed by atoms with E-state index in [1.165, 1.54) is 18.5 Å². The molecule has 1 N–H and O–H groups in total. The molecule has 25 heavy (non-hydrogen) atoms. The van der Waals surface area contributed by atoms with Crippen LogP contribution in [-0.4, -0.2) is 81.7 Å². The zero-order chi connectivity index (χ0) is 17.6. The number of methoxy groups -OCH3 is 1. The largest absolute Gasteiger partial charge is 0.497 e. The number of carbonyl (C=O) groups excluding carboxylic acids is 1. The number of hydrogen-bond acceptors (Lipinski definition) is 5. The number of piperidine rings is 1. The van der Waals surface area contributed by atoms with Crippen molar-refractivity contribution in [3.63, 3.8) is 0 Å². The molecule has 1 amide bonds. The molecule has 3 rings (SSSR count). The van der Waals surface area contributed by atoms with Gasteiger partial charge in [0, 0.05) is 51.5 Å². The third kappa shape index (κ3) is 4.64. The summed E-state index contributed by atoms with van der Waals surface area (Å²) in [4.78, 5) is 19.0. The van der Waals surface area contributed by atoms with Crippen LogP contribution in [0, 0.1) is 0 Å². The molecule has 1 atom stereocenters. The zero-order valence-corrected chi connectivity index (χ0v) is 15.4. The predicted molar refractivity (Wildman–Crippen MR) is 100 cm³/mol. The van der Waals surface area contributed by atoms with Gasteiger partial charge in [-0.3, -0.25) is 14.6 Å². The van der Waals surface area contributed by atoms with E-state index >= 15 is 0 Å². The van der Waals surface area contributed by atoms with Gasteiger partial charge in [0.05, 0.1) is 13.7 Å². The molecular weight excluding hydrogens is 316 g/mol. The number of carbonyl (C=O) groups is 1. The lowest BCUT2D eigenvalue weighted by Crippen LogP contribution is -2.55. The summed E-state index contributed by atoms with van der Waals surface area (Å²) in [5.74, 6) is 1.02. The summed E-state index contributed by atoms with van der Waals surface area (Å²) < 4.78 is 5.24. The topological polar surface area (TPSA) is 48.1 Å². The van der Waals surface area contributed by atoms with Crippen molar-refractivity contribution in [1.82, 2.24) is 15.1 Å². The summed E-state index contributed by atoms with van der Waals surface area (Å²) in [6.07, 6.45) is 2.42. The average molecular weight is 346 g/mol. The first kappa shape index (κ1) is 18.0. The number of ether oxygens (including phenoxy) is 1. The van der Waals surface area contributed by atoms with Gasteiger partial charge in [-0.1, -0.05) is 0 Å². The lowest BCUT2D eigenvalue weighted by molar-refractivity contribution is -0.122. The molecule has 6 heteroatoms. The molecule has 0 aromatic heterocycles. The summed E-state index contributed by atoms with van der Waals surface area (Å²) in [5, 5.41) is 2.73. The molecule has 0 bridgehead atoms. The van der Waals surface area contributed by atoms with E-state index in [1.807, 2.05) is 12.1 Å². The van der Waals surface area contributed by atoms with Crippen LogP contribution in [0.25, 0.3) is 0 Å². The van der Waals surface area contributed by atoms with Gasteiger partial charge in [-0.05, 0) is 43.7 Å². The average Bonchev–Trinajstić information content (AvgIpc) is 2.68. The van der Waals surface area contributed by atoms with Gasteiger partial charge < -0.3 is 15.0 Å². The molecule has 6 nitrogen and oxygen atoms in total. The Hall–Kier alpha value is -1.79. The Balaban J connectivity index is 1.50. The van der Waals surface area contributed by atoms with E-state index in [4.69, 9.17) is 4.74 Å². The number of nitrogens with zero attached hydrogens (tertiary/aromatic N) is 3. The number of likely N-dealkylation sites (N-methyl/N-ethyl adjacent to an activating group) is 1. The fourth-order valence-electron chi connectivity index (χ4n) is 3.89. The summed E-state index contributed by atoms with van der Waals surface area (Å²) in [7, 11) is 3.41. The first-order valence-electron chi connectivity index (χ1n) is 9.25. The van der Waals surface area contributed by atoms with E-state index < -0.39 is 0 Å². The van der Waals surface area contributed by atoms with E-state index in [2.05, 4.69) is 32.1 Å². The highest BCUT2D eigenvalue weighted by Crippen LogP contribution is 2.23. The standard InChI is InChI=1S/C19H30N4O2/c1-20-19(24)15-21-9-3-4-17(14-21)23-12-10-22(11-13-23)16-5-7-18(25-2)8-6-16/h5-8,17H,3-4,9-15H2,1-2H3,(H,20,24)/t17-/m0/s1. The van der Waals surface area contributed by atoms with Crippen LogP contribution in [0.5, 0.6) is 5.75 Å². The minimum Gasteiger partial charge on any atom is -0.497 e. The number of rotatable bonds is 5. The van der Waals surface area contributed by atoms with E-state index in [-0.39, 0.29) is 5.91 Å². The second-order valence-corrected chi connectivity index (χ2v) is 6.93. The molecule has 2 heterocycles. The van der Waals surface area contributed by atoms with Gasteiger partial charge in [-0.2, -0.15) is 0 Å². The van der Waals surface area contributed by atoms with Crippen LogP contribution >= 0.6 is 0 Å². The summed E-state index contributed by atoms with van der Waals surface area (Å²) in [6.45, 7) is 6.86. The second-order valence-electron chi connectivity index (χ2n) is 6.93. The normalized spacial score (nSPS) is 22.6. The van der Waals surface area contributed by atoms with Gasteiger partial charge >= 0.3 is 0 Å². The Bertz CT molecular complexity index is 555. The van der Waals surface area contributed by atoms with Crippen molar-refractivity contribution in [2.75, 3.05) is 64.9 Å². The Kier molecular flexibility index (Phi) is 6.15. The number of hydrogen-bond donors (Lipinski definition) is 1. The Morgan fingerprint density at radius 3 is 2.52 bits per heavy atom. The van der Waals surface area contributed by atoms with Gasteiger partial charge in [0.1, 0.15) is 5.75 Å². The number of likely N-dealkylation sites (tertiary alicyclic amines) is 1. The van der Waals surface area contributed by atoms with Crippen molar-refractivity contribution in [3.05, 3.63) is 24.3 Å².